The number of aryl methyl sites for hydroxylation is 1. The summed E-state index contributed by atoms with van der Waals surface area (Å²) >= 11 is 1.89. The summed E-state index contributed by atoms with van der Waals surface area (Å²) in [6.07, 6.45) is 5.49. The normalized spacial score (nSPS) is 32.6. The highest BCUT2D eigenvalue weighted by Crippen LogP contribution is 2.43. The molecule has 17 heavy (non-hydrogen) atoms. The fraction of sp³-hybridized carbons (Fsp3) is 0.692. The molecule has 3 rings (SSSR count). The minimum Gasteiger partial charge on any atom is -0.375 e. The molecule has 4 heteroatoms. The van der Waals surface area contributed by atoms with Crippen molar-refractivity contribution in [2.45, 2.75) is 44.2 Å². The molecule has 1 aromatic rings. The number of morpholine rings is 1. The van der Waals surface area contributed by atoms with Crippen LogP contribution in [0.25, 0.3) is 0 Å². The molecule has 0 radical (unpaired) electrons. The first-order chi connectivity index (χ1) is 7.83. The second kappa shape index (κ2) is 5.27. The van der Waals surface area contributed by atoms with Gasteiger partial charge in [0.2, 0.25) is 0 Å². The number of rotatable bonds is 1. The maximum atomic E-state index is 6.01. The molecule has 1 aromatic heterocycles. The van der Waals surface area contributed by atoms with Crippen molar-refractivity contribution in [1.29, 1.82) is 0 Å². The van der Waals surface area contributed by atoms with Gasteiger partial charge in [-0.25, -0.2) is 0 Å². The summed E-state index contributed by atoms with van der Waals surface area (Å²) in [5.74, 6) is 0. The third kappa shape index (κ3) is 2.14. The second-order valence-electron chi connectivity index (χ2n) is 4.94. The van der Waals surface area contributed by atoms with E-state index in [2.05, 4.69) is 23.7 Å². The lowest BCUT2D eigenvalue weighted by atomic mass is 9.76. The molecule has 2 nitrogen and oxygen atoms in total. The van der Waals surface area contributed by atoms with Gasteiger partial charge in [-0.05, 0) is 36.8 Å². The Morgan fingerprint density at radius 1 is 1.47 bits per heavy atom. The fourth-order valence-corrected chi connectivity index (χ4v) is 4.39. The molecule has 1 saturated carbocycles. The molecule has 0 unspecified atom stereocenters. The van der Waals surface area contributed by atoms with Crippen LogP contribution in [0.15, 0.2) is 11.4 Å². The van der Waals surface area contributed by atoms with Gasteiger partial charge >= 0.3 is 0 Å². The van der Waals surface area contributed by atoms with Crippen LogP contribution < -0.4 is 5.32 Å². The van der Waals surface area contributed by atoms with Crippen LogP contribution in [-0.2, 0) is 10.3 Å². The van der Waals surface area contributed by atoms with Gasteiger partial charge in [0.15, 0.2) is 0 Å². The monoisotopic (exact) mass is 273 g/mol. The largest absolute Gasteiger partial charge is 0.375 e. The van der Waals surface area contributed by atoms with Crippen molar-refractivity contribution >= 4 is 23.7 Å². The highest BCUT2D eigenvalue weighted by molar-refractivity contribution is 7.10. The molecule has 2 aliphatic rings. The van der Waals surface area contributed by atoms with E-state index in [1.54, 1.807) is 0 Å². The van der Waals surface area contributed by atoms with Gasteiger partial charge in [0, 0.05) is 11.4 Å². The number of fused-ring (bicyclic) bond motifs is 1. The lowest BCUT2D eigenvalue weighted by molar-refractivity contribution is -0.0744. The Kier molecular flexibility index (Phi) is 4.14. The topological polar surface area (TPSA) is 21.3 Å². The average molecular weight is 274 g/mol. The van der Waals surface area contributed by atoms with E-state index >= 15 is 0 Å². The number of hydrogen-bond donors (Lipinski definition) is 1. The molecule has 1 aliphatic carbocycles. The molecular formula is C13H20ClNOS. The third-order valence-corrected chi connectivity index (χ3v) is 5.16. The van der Waals surface area contributed by atoms with Gasteiger partial charge < -0.3 is 10.1 Å². The zero-order valence-electron chi connectivity index (χ0n) is 10.2. The zero-order valence-corrected chi connectivity index (χ0v) is 11.8. The van der Waals surface area contributed by atoms with Crippen molar-refractivity contribution < 1.29 is 4.74 Å². The van der Waals surface area contributed by atoms with Crippen molar-refractivity contribution in [3.8, 4) is 0 Å². The summed E-state index contributed by atoms with van der Waals surface area (Å²) in [4.78, 5) is 1.51. The summed E-state index contributed by atoms with van der Waals surface area (Å²) in [5, 5.41) is 5.97. The van der Waals surface area contributed by atoms with E-state index in [4.69, 9.17) is 4.74 Å². The summed E-state index contributed by atoms with van der Waals surface area (Å²) in [6, 6.07) is 2.23. The molecule has 0 bridgehead atoms. The van der Waals surface area contributed by atoms with E-state index in [0.29, 0.717) is 6.10 Å². The van der Waals surface area contributed by atoms with Crippen LogP contribution in [-0.4, -0.2) is 19.3 Å². The maximum Gasteiger partial charge on any atom is 0.0807 e. The first-order valence-electron chi connectivity index (χ1n) is 6.24. The first-order valence-corrected chi connectivity index (χ1v) is 7.12. The number of thiophene rings is 1. The molecule has 96 valence electrons. The van der Waals surface area contributed by atoms with Crippen molar-refractivity contribution in [1.82, 2.24) is 5.32 Å². The maximum absolute atomic E-state index is 6.01. The molecule has 1 N–H and O–H groups in total. The summed E-state index contributed by atoms with van der Waals surface area (Å²) in [5.41, 5.74) is 1.56. The van der Waals surface area contributed by atoms with E-state index in [9.17, 15) is 0 Å². The highest BCUT2D eigenvalue weighted by Gasteiger charge is 2.46. The Bertz CT molecular complexity index is 367. The predicted octanol–water partition coefficient (Wildman–Crippen LogP) is 3.24. The molecule has 1 saturated heterocycles. The van der Waals surface area contributed by atoms with E-state index < -0.39 is 0 Å². The average Bonchev–Trinajstić information content (AvgIpc) is 2.76. The van der Waals surface area contributed by atoms with Gasteiger partial charge in [0.05, 0.1) is 18.2 Å². The SMILES string of the molecule is Cc1ccsc1[C@@]12CCCC[C@@H]1OCCN2.Cl. The van der Waals surface area contributed by atoms with E-state index in [1.165, 1.54) is 36.1 Å². The quantitative estimate of drug-likeness (QED) is 0.848. The lowest BCUT2D eigenvalue weighted by Crippen LogP contribution is -2.58. The molecule has 2 fully saturated rings. The van der Waals surface area contributed by atoms with Crippen molar-refractivity contribution in [2.24, 2.45) is 0 Å². The van der Waals surface area contributed by atoms with Gasteiger partial charge in [-0.15, -0.1) is 23.7 Å². The van der Waals surface area contributed by atoms with Crippen LogP contribution in [0, 0.1) is 6.92 Å². The summed E-state index contributed by atoms with van der Waals surface area (Å²) < 4.78 is 6.01. The number of ether oxygens (including phenoxy) is 1. The molecule has 2 atom stereocenters. The van der Waals surface area contributed by atoms with Gasteiger partial charge in [0.25, 0.3) is 0 Å². The second-order valence-corrected chi connectivity index (χ2v) is 5.85. The molecule has 0 spiro atoms. The van der Waals surface area contributed by atoms with Crippen LogP contribution in [0.1, 0.15) is 36.1 Å². The molecule has 2 heterocycles. The molecular weight excluding hydrogens is 254 g/mol. The Balaban J connectivity index is 0.00000108. The molecule has 0 amide bonds. The minimum atomic E-state index is 0. The Morgan fingerprint density at radius 3 is 3.12 bits per heavy atom. The summed E-state index contributed by atoms with van der Waals surface area (Å²) in [6.45, 7) is 4.09. The van der Waals surface area contributed by atoms with Gasteiger partial charge in [-0.3, -0.25) is 0 Å². The van der Waals surface area contributed by atoms with Crippen LogP contribution in [0.2, 0.25) is 0 Å². The van der Waals surface area contributed by atoms with Gasteiger partial charge in [-0.2, -0.15) is 0 Å². The molecule has 1 aliphatic heterocycles. The smallest absolute Gasteiger partial charge is 0.0807 e. The number of halogens is 1. The first kappa shape index (κ1) is 13.3. The Hall–Kier alpha value is -0.0900. The number of hydrogen-bond acceptors (Lipinski definition) is 3. The summed E-state index contributed by atoms with van der Waals surface area (Å²) in [7, 11) is 0. The fourth-order valence-electron chi connectivity index (χ4n) is 3.21. The third-order valence-electron chi connectivity index (χ3n) is 3.97. The predicted molar refractivity (Wildman–Crippen MR) is 74.2 cm³/mol. The van der Waals surface area contributed by atoms with Crippen molar-refractivity contribution in [2.75, 3.05) is 13.2 Å². The number of nitrogens with one attached hydrogen (secondary N) is 1. The van der Waals surface area contributed by atoms with Crippen LogP contribution in [0.4, 0.5) is 0 Å². The standard InChI is InChI=1S/C13H19NOS.ClH/c1-10-5-9-16-12(10)13-6-3-2-4-11(13)15-8-7-14-13;/h5,9,11,14H,2-4,6-8H2,1H3;1H/t11-,13+;/m0./s1. The highest BCUT2D eigenvalue weighted by atomic mass is 35.5. The minimum absolute atomic E-state index is 0. The van der Waals surface area contributed by atoms with E-state index in [0.717, 1.165) is 13.2 Å². The van der Waals surface area contributed by atoms with Gasteiger partial charge in [-0.1, -0.05) is 12.8 Å². The molecule has 0 aromatic carbocycles. The van der Waals surface area contributed by atoms with Crippen LogP contribution >= 0.6 is 23.7 Å². The van der Waals surface area contributed by atoms with Crippen molar-refractivity contribution in [3.05, 3.63) is 21.9 Å². The lowest BCUT2D eigenvalue weighted by Gasteiger charge is -2.47. The Morgan fingerprint density at radius 2 is 2.35 bits per heavy atom. The van der Waals surface area contributed by atoms with Crippen LogP contribution in [0.5, 0.6) is 0 Å². The van der Waals surface area contributed by atoms with E-state index in [1.807, 2.05) is 11.3 Å². The van der Waals surface area contributed by atoms with Gasteiger partial charge in [0.1, 0.15) is 0 Å². The Labute approximate surface area is 113 Å². The van der Waals surface area contributed by atoms with Crippen molar-refractivity contribution in [3.63, 3.8) is 0 Å². The zero-order chi connectivity index (χ0) is 11.0. The van der Waals surface area contributed by atoms with Crippen LogP contribution in [0.3, 0.4) is 0 Å². The van der Waals surface area contributed by atoms with E-state index in [-0.39, 0.29) is 17.9 Å².